The third kappa shape index (κ3) is 21.6. The molecule has 0 unspecified atom stereocenters. The molecular weight excluding hydrogens is 536 g/mol. The topological polar surface area (TPSA) is 34.6 Å². The minimum absolute atomic E-state index is 0.968. The number of hydrogen-bond donors (Lipinski definition) is 0. The van der Waals surface area contributed by atoms with E-state index in [0.717, 1.165) is 36.9 Å². The third-order valence-corrected chi connectivity index (χ3v) is 8.94. The Morgan fingerprint density at radius 2 is 0.636 bits per heavy atom. The Balaban J connectivity index is 1.44. The first-order valence-electron chi connectivity index (χ1n) is 19.1. The Bertz CT molecular complexity index is 910. The van der Waals surface area contributed by atoms with E-state index in [1.165, 1.54) is 154 Å². The van der Waals surface area contributed by atoms with Crippen LogP contribution < -0.4 is 10.7 Å². The highest BCUT2D eigenvalue weighted by Crippen LogP contribution is 2.11. The molecule has 0 amide bonds. The Kier molecular flexibility index (Phi) is 24.6. The van der Waals surface area contributed by atoms with E-state index in [2.05, 4.69) is 72.0 Å². The van der Waals surface area contributed by atoms with Gasteiger partial charge >= 0.3 is 0 Å². The van der Waals surface area contributed by atoms with Crippen LogP contribution in [-0.2, 0) is 13.1 Å². The number of rotatable bonds is 29. The van der Waals surface area contributed by atoms with E-state index < -0.39 is 0 Å². The molecule has 4 nitrogen and oxygen atoms in total. The summed E-state index contributed by atoms with van der Waals surface area (Å²) < 4.78 is 4.62. The molecule has 250 valence electrons. The molecule has 0 aliphatic heterocycles. The van der Waals surface area contributed by atoms with Gasteiger partial charge < -0.3 is 9.13 Å². The monoisotopic (exact) mass is 607 g/mol. The average molecular weight is 607 g/mol. The number of aromatic nitrogens is 2. The van der Waals surface area contributed by atoms with Gasteiger partial charge in [0.15, 0.2) is 0 Å². The second kappa shape index (κ2) is 28.4. The minimum atomic E-state index is 0.968. The van der Waals surface area contributed by atoms with Crippen molar-refractivity contribution in [3.63, 3.8) is 0 Å². The molecule has 44 heavy (non-hydrogen) atoms. The molecule has 4 heteroatoms. The van der Waals surface area contributed by atoms with Crippen LogP contribution in [0.15, 0.2) is 59.0 Å². The van der Waals surface area contributed by atoms with Crippen molar-refractivity contribution in [1.82, 2.24) is 9.13 Å². The largest absolute Gasteiger partial charge is 0.354 e. The molecule has 0 radical (unpaired) electrons. The summed E-state index contributed by atoms with van der Waals surface area (Å²) in [5.74, 6) is 0. The number of hydrogen-bond acceptors (Lipinski definition) is 2. The summed E-state index contributed by atoms with van der Waals surface area (Å²) in [6.45, 7) is 8.71. The molecule has 2 rings (SSSR count). The number of nitrogens with zero attached hydrogens (tertiary/aromatic N) is 4. The van der Waals surface area contributed by atoms with Crippen LogP contribution in [-0.4, -0.2) is 22.2 Å². The van der Waals surface area contributed by atoms with E-state index in [-0.39, 0.29) is 0 Å². The molecule has 0 N–H and O–H groups in total. The van der Waals surface area contributed by atoms with Crippen molar-refractivity contribution in [3.05, 3.63) is 59.8 Å². The van der Waals surface area contributed by atoms with Gasteiger partial charge in [-0.25, -0.2) is 0 Å². The summed E-state index contributed by atoms with van der Waals surface area (Å²) >= 11 is 0. The van der Waals surface area contributed by atoms with Crippen molar-refractivity contribution in [2.45, 2.75) is 181 Å². The van der Waals surface area contributed by atoms with Crippen molar-refractivity contribution in [2.75, 3.05) is 13.1 Å². The van der Waals surface area contributed by atoms with Crippen LogP contribution in [0.3, 0.4) is 0 Å². The maximum absolute atomic E-state index is 4.79. The number of aryl methyl sites for hydroxylation is 2. The van der Waals surface area contributed by atoms with Gasteiger partial charge in [-0.15, -0.1) is 0 Å². The van der Waals surface area contributed by atoms with Crippen LogP contribution in [0.2, 0.25) is 0 Å². The predicted molar refractivity (Wildman–Crippen MR) is 192 cm³/mol. The zero-order chi connectivity index (χ0) is 31.2. The van der Waals surface area contributed by atoms with E-state index in [1.807, 2.05) is 0 Å². The quantitative estimate of drug-likeness (QED) is 0.0826. The van der Waals surface area contributed by atoms with E-state index in [9.17, 15) is 0 Å². The van der Waals surface area contributed by atoms with Gasteiger partial charge in [0.1, 0.15) is 0 Å². The average Bonchev–Trinajstić information content (AvgIpc) is 3.05. The molecule has 0 aliphatic carbocycles. The fourth-order valence-electron chi connectivity index (χ4n) is 5.96. The predicted octanol–water partition coefficient (Wildman–Crippen LogP) is 11.2. The molecule has 2 aromatic rings. The third-order valence-electron chi connectivity index (χ3n) is 8.94. The molecular formula is C40H70N4. The summed E-state index contributed by atoms with van der Waals surface area (Å²) in [6.07, 6.45) is 41.4. The van der Waals surface area contributed by atoms with Crippen molar-refractivity contribution in [1.29, 1.82) is 0 Å². The highest BCUT2D eigenvalue weighted by molar-refractivity contribution is 4.94. The standard InChI is InChI=1S/C40H70N4/c1-3-5-7-9-11-13-15-17-19-23-31-41-39-27-35-43(36-28-39)33-25-21-22-26-34-44-37-29-40(30-38-44)42-32-24-20-18-16-14-12-10-8-6-4-2/h27-30,35-38H,3-26,31-34H2,1-2H3. The first kappa shape index (κ1) is 38.1. The lowest BCUT2D eigenvalue weighted by Crippen LogP contribution is -2.07. The first-order valence-corrected chi connectivity index (χ1v) is 19.1. The summed E-state index contributed by atoms with van der Waals surface area (Å²) in [7, 11) is 0. The molecule has 2 aromatic heterocycles. The second-order valence-electron chi connectivity index (χ2n) is 13.1. The Labute approximate surface area is 272 Å². The molecule has 0 saturated carbocycles. The second-order valence-corrected chi connectivity index (χ2v) is 13.1. The van der Waals surface area contributed by atoms with Crippen molar-refractivity contribution in [3.8, 4) is 0 Å². The van der Waals surface area contributed by atoms with Gasteiger partial charge in [0, 0.05) is 51.0 Å². The summed E-state index contributed by atoms with van der Waals surface area (Å²) in [4.78, 5) is 9.58. The van der Waals surface area contributed by atoms with Gasteiger partial charge in [0.25, 0.3) is 0 Å². The van der Waals surface area contributed by atoms with E-state index >= 15 is 0 Å². The fourth-order valence-corrected chi connectivity index (χ4v) is 5.96. The van der Waals surface area contributed by atoms with Gasteiger partial charge in [-0.3, -0.25) is 9.98 Å². The molecule has 0 saturated heterocycles. The van der Waals surface area contributed by atoms with Crippen molar-refractivity contribution in [2.24, 2.45) is 9.98 Å². The van der Waals surface area contributed by atoms with E-state index in [4.69, 9.17) is 9.98 Å². The van der Waals surface area contributed by atoms with Crippen LogP contribution >= 0.6 is 0 Å². The number of unbranched alkanes of at least 4 members (excludes halogenated alkanes) is 21. The molecule has 0 spiro atoms. The van der Waals surface area contributed by atoms with Crippen LogP contribution in [0.5, 0.6) is 0 Å². The van der Waals surface area contributed by atoms with Gasteiger partial charge in [-0.05, 0) is 49.9 Å². The molecule has 2 heterocycles. The van der Waals surface area contributed by atoms with Crippen LogP contribution in [0.4, 0.5) is 0 Å². The van der Waals surface area contributed by atoms with Crippen LogP contribution in [0.25, 0.3) is 0 Å². The lowest BCUT2D eigenvalue weighted by molar-refractivity contribution is 0.537. The van der Waals surface area contributed by atoms with Gasteiger partial charge in [0.05, 0.1) is 10.7 Å². The van der Waals surface area contributed by atoms with Crippen LogP contribution in [0.1, 0.15) is 168 Å². The minimum Gasteiger partial charge on any atom is -0.354 e. The van der Waals surface area contributed by atoms with Crippen molar-refractivity contribution < 1.29 is 0 Å². The lowest BCUT2D eigenvalue weighted by Gasteiger charge is -2.08. The van der Waals surface area contributed by atoms with Crippen LogP contribution in [0, 0.1) is 0 Å². The Morgan fingerprint density at radius 3 is 0.955 bits per heavy atom. The fraction of sp³-hybridized carbons (Fsp3) is 0.750. The number of pyridine rings is 2. The molecule has 0 bridgehead atoms. The van der Waals surface area contributed by atoms with E-state index in [1.54, 1.807) is 0 Å². The van der Waals surface area contributed by atoms with Gasteiger partial charge in [-0.2, -0.15) is 0 Å². The normalized spacial score (nSPS) is 11.2. The van der Waals surface area contributed by atoms with E-state index in [0.29, 0.717) is 0 Å². The Morgan fingerprint density at radius 1 is 0.364 bits per heavy atom. The molecule has 0 aromatic carbocycles. The zero-order valence-corrected chi connectivity index (χ0v) is 29.2. The molecule has 0 aliphatic rings. The summed E-state index contributed by atoms with van der Waals surface area (Å²) in [6, 6.07) is 8.72. The highest BCUT2D eigenvalue weighted by atomic mass is 14.9. The molecule has 0 atom stereocenters. The van der Waals surface area contributed by atoms with Gasteiger partial charge in [-0.1, -0.05) is 142 Å². The first-order chi connectivity index (χ1) is 21.8. The summed E-state index contributed by atoms with van der Waals surface area (Å²) in [5.41, 5.74) is 0. The highest BCUT2D eigenvalue weighted by Gasteiger charge is 1.96. The summed E-state index contributed by atoms with van der Waals surface area (Å²) in [5, 5.41) is 2.26. The van der Waals surface area contributed by atoms with Crippen molar-refractivity contribution >= 4 is 0 Å². The maximum Gasteiger partial charge on any atom is 0.0603 e. The molecule has 0 fully saturated rings. The smallest absolute Gasteiger partial charge is 0.0603 e. The maximum atomic E-state index is 4.79. The zero-order valence-electron chi connectivity index (χ0n) is 29.2. The Hall–Kier alpha value is -2.10. The van der Waals surface area contributed by atoms with Gasteiger partial charge in [0.2, 0.25) is 0 Å². The lowest BCUT2D eigenvalue weighted by atomic mass is 10.1. The SMILES string of the molecule is CCCCCCCCCCCCN=c1ccn(CCCCCCn2ccc(=NCCCCCCCCCCCC)cc2)cc1.